The van der Waals surface area contributed by atoms with Crippen LogP contribution < -0.4 is 10.2 Å². The Kier molecular flexibility index (Phi) is 5.22. The lowest BCUT2D eigenvalue weighted by Crippen LogP contribution is -2.54. The molecule has 2 aromatic carbocycles. The van der Waals surface area contributed by atoms with Gasteiger partial charge in [0, 0.05) is 21.6 Å². The fraction of sp³-hybridized carbons (Fsp3) is 0. The van der Waals surface area contributed by atoms with Gasteiger partial charge in [-0.15, -0.1) is 12.6 Å². The van der Waals surface area contributed by atoms with Gasteiger partial charge in [0.15, 0.2) is 10.9 Å². The highest BCUT2D eigenvalue weighted by Crippen LogP contribution is 2.23. The number of carbonyl (C=O) groups is 3. The number of allylic oxidation sites excluding steroid dienone is 1. The predicted molar refractivity (Wildman–Crippen MR) is 106 cm³/mol. The number of benzene rings is 2. The maximum Gasteiger partial charge on any atom is 0.270 e. The van der Waals surface area contributed by atoms with E-state index in [-0.39, 0.29) is 16.2 Å². The third-order valence-electron chi connectivity index (χ3n) is 3.63. The second-order valence-electron chi connectivity index (χ2n) is 5.32. The van der Waals surface area contributed by atoms with Gasteiger partial charge >= 0.3 is 0 Å². The predicted octanol–water partition coefficient (Wildman–Crippen LogP) is 3.19. The average molecular weight is 403 g/mol. The van der Waals surface area contributed by atoms with E-state index in [9.17, 15) is 14.4 Å². The number of carbonyl (C=O) groups excluding carboxylic acids is 3. The molecule has 8 heteroatoms. The minimum atomic E-state index is -0.727. The van der Waals surface area contributed by atoms with Crippen LogP contribution in [0, 0.1) is 0 Å². The third-order valence-corrected chi connectivity index (χ3v) is 4.56. The van der Waals surface area contributed by atoms with E-state index >= 15 is 0 Å². The summed E-state index contributed by atoms with van der Waals surface area (Å²) in [6.45, 7) is 0. The van der Waals surface area contributed by atoms with Gasteiger partial charge in [0.1, 0.15) is 5.57 Å². The number of hydrogen-bond donors (Lipinski definition) is 2. The standard InChI is InChI=1S/C18H11ClN2O3S2/c19-10-5-7-11(8-6-10)21-17(24)13(16(23)20-18(21)26)9-14(22)12-3-1-2-4-15(12)25/h1-9,25H,(H,20,23,26). The van der Waals surface area contributed by atoms with Crippen LogP contribution in [-0.4, -0.2) is 22.7 Å². The summed E-state index contributed by atoms with van der Waals surface area (Å²) < 4.78 is 0. The highest BCUT2D eigenvalue weighted by Gasteiger charge is 2.35. The highest BCUT2D eigenvalue weighted by molar-refractivity contribution is 7.80. The van der Waals surface area contributed by atoms with Crippen LogP contribution in [0.2, 0.25) is 5.02 Å². The number of nitrogens with zero attached hydrogens (tertiary/aromatic N) is 1. The van der Waals surface area contributed by atoms with Crippen molar-refractivity contribution in [3.63, 3.8) is 0 Å². The number of thiocarbonyl (C=S) groups is 1. The lowest BCUT2D eigenvalue weighted by Gasteiger charge is -2.28. The molecule has 0 spiro atoms. The molecule has 0 saturated carbocycles. The molecule has 1 N–H and O–H groups in total. The van der Waals surface area contributed by atoms with Gasteiger partial charge in [0.2, 0.25) is 0 Å². The molecule has 1 heterocycles. The van der Waals surface area contributed by atoms with Gasteiger partial charge in [-0.2, -0.15) is 0 Å². The SMILES string of the molecule is O=C1NC(=S)N(c2ccc(Cl)cc2)C(=O)C1=CC(=O)c1ccccc1S. The number of ketones is 1. The Morgan fingerprint density at radius 1 is 1.12 bits per heavy atom. The molecule has 0 unspecified atom stereocenters. The summed E-state index contributed by atoms with van der Waals surface area (Å²) in [4.78, 5) is 39.0. The number of anilines is 1. The number of halogens is 1. The van der Waals surface area contributed by atoms with Crippen molar-refractivity contribution in [1.82, 2.24) is 5.32 Å². The Hall–Kier alpha value is -2.48. The molecular weight excluding hydrogens is 392 g/mol. The molecule has 1 saturated heterocycles. The maximum atomic E-state index is 12.8. The van der Waals surface area contributed by atoms with Gasteiger partial charge in [0.25, 0.3) is 11.8 Å². The van der Waals surface area contributed by atoms with Gasteiger partial charge in [-0.25, -0.2) is 0 Å². The molecule has 0 radical (unpaired) electrons. The van der Waals surface area contributed by atoms with E-state index < -0.39 is 17.6 Å². The second kappa shape index (κ2) is 7.41. The molecule has 1 aliphatic rings. The summed E-state index contributed by atoms with van der Waals surface area (Å²) in [5.74, 6) is -1.92. The summed E-state index contributed by atoms with van der Waals surface area (Å²) in [7, 11) is 0. The smallest absolute Gasteiger partial charge is 0.270 e. The molecule has 26 heavy (non-hydrogen) atoms. The van der Waals surface area contributed by atoms with Crippen molar-refractivity contribution in [2.75, 3.05) is 4.90 Å². The van der Waals surface area contributed by atoms with Gasteiger partial charge in [0.05, 0.1) is 5.69 Å². The van der Waals surface area contributed by atoms with E-state index in [1.54, 1.807) is 48.5 Å². The van der Waals surface area contributed by atoms with Crippen molar-refractivity contribution in [2.24, 2.45) is 0 Å². The number of nitrogens with one attached hydrogen (secondary N) is 1. The largest absolute Gasteiger partial charge is 0.298 e. The van der Waals surface area contributed by atoms with Crippen LogP contribution in [0.1, 0.15) is 10.4 Å². The lowest BCUT2D eigenvalue weighted by molar-refractivity contribution is -0.122. The third kappa shape index (κ3) is 3.55. The molecule has 1 aliphatic heterocycles. The number of amides is 2. The minimum absolute atomic E-state index is 0.0680. The van der Waals surface area contributed by atoms with Crippen LogP contribution in [-0.2, 0) is 9.59 Å². The zero-order valence-corrected chi connectivity index (χ0v) is 15.6. The van der Waals surface area contributed by atoms with Crippen LogP contribution >= 0.6 is 36.4 Å². The molecule has 0 aromatic heterocycles. The number of thiol groups is 1. The fourth-order valence-electron chi connectivity index (χ4n) is 2.37. The zero-order valence-electron chi connectivity index (χ0n) is 13.1. The molecule has 5 nitrogen and oxygen atoms in total. The highest BCUT2D eigenvalue weighted by atomic mass is 35.5. The van der Waals surface area contributed by atoms with Crippen molar-refractivity contribution in [1.29, 1.82) is 0 Å². The Labute approximate surface area is 165 Å². The Morgan fingerprint density at radius 2 is 1.77 bits per heavy atom. The summed E-state index contributed by atoms with van der Waals surface area (Å²) in [5, 5.41) is 2.84. The Morgan fingerprint density at radius 3 is 2.42 bits per heavy atom. The molecule has 0 atom stereocenters. The topological polar surface area (TPSA) is 66.5 Å². The molecule has 3 rings (SSSR count). The molecule has 0 bridgehead atoms. The van der Waals surface area contributed by atoms with Gasteiger partial charge in [-0.3, -0.25) is 24.6 Å². The number of rotatable bonds is 3. The van der Waals surface area contributed by atoms with E-state index in [1.165, 1.54) is 0 Å². The van der Waals surface area contributed by atoms with Gasteiger partial charge in [-0.1, -0.05) is 23.7 Å². The van der Waals surface area contributed by atoms with Crippen LogP contribution in [0.4, 0.5) is 5.69 Å². The average Bonchev–Trinajstić information content (AvgIpc) is 2.60. The summed E-state index contributed by atoms with van der Waals surface area (Å²) in [5.41, 5.74) is 0.405. The van der Waals surface area contributed by atoms with Crippen molar-refractivity contribution in [3.8, 4) is 0 Å². The van der Waals surface area contributed by atoms with E-state index in [1.807, 2.05) is 0 Å². The first kappa shape index (κ1) is 18.3. The lowest BCUT2D eigenvalue weighted by atomic mass is 10.1. The monoisotopic (exact) mass is 402 g/mol. The zero-order chi connectivity index (χ0) is 18.8. The first-order valence-corrected chi connectivity index (χ1v) is 8.61. The van der Waals surface area contributed by atoms with Crippen molar-refractivity contribution in [3.05, 3.63) is 70.8 Å². The maximum absolute atomic E-state index is 12.8. The normalized spacial score (nSPS) is 16.0. The van der Waals surface area contributed by atoms with E-state index in [4.69, 9.17) is 23.8 Å². The van der Waals surface area contributed by atoms with E-state index in [0.717, 1.165) is 11.0 Å². The van der Waals surface area contributed by atoms with E-state index in [0.29, 0.717) is 15.6 Å². The van der Waals surface area contributed by atoms with Crippen molar-refractivity contribution >= 4 is 64.8 Å². The summed E-state index contributed by atoms with van der Waals surface area (Å²) in [6, 6.07) is 13.0. The Bertz CT molecular complexity index is 971. The summed E-state index contributed by atoms with van der Waals surface area (Å²) in [6.07, 6.45) is 0.997. The van der Waals surface area contributed by atoms with Crippen LogP contribution in [0.25, 0.3) is 0 Å². The molecule has 2 aromatic rings. The number of hydrogen-bond acceptors (Lipinski definition) is 5. The van der Waals surface area contributed by atoms with Gasteiger partial charge < -0.3 is 0 Å². The first-order valence-electron chi connectivity index (χ1n) is 7.38. The van der Waals surface area contributed by atoms with Crippen LogP contribution in [0.5, 0.6) is 0 Å². The molecule has 0 aliphatic carbocycles. The summed E-state index contributed by atoms with van der Waals surface area (Å²) >= 11 is 15.2. The first-order chi connectivity index (χ1) is 12.4. The molecule has 130 valence electrons. The molecule has 1 fully saturated rings. The van der Waals surface area contributed by atoms with Gasteiger partial charge in [-0.05, 0) is 48.6 Å². The Balaban J connectivity index is 1.99. The second-order valence-corrected chi connectivity index (χ2v) is 6.62. The van der Waals surface area contributed by atoms with Crippen LogP contribution in [0.15, 0.2) is 65.1 Å². The quantitative estimate of drug-likeness (QED) is 0.272. The minimum Gasteiger partial charge on any atom is -0.298 e. The van der Waals surface area contributed by atoms with Crippen molar-refractivity contribution < 1.29 is 14.4 Å². The van der Waals surface area contributed by atoms with E-state index in [2.05, 4.69) is 17.9 Å². The van der Waals surface area contributed by atoms with Crippen molar-refractivity contribution in [2.45, 2.75) is 4.90 Å². The molecule has 2 amide bonds. The fourth-order valence-corrected chi connectivity index (χ4v) is 3.05. The van der Waals surface area contributed by atoms with Crippen LogP contribution in [0.3, 0.4) is 0 Å². The molecular formula is C18H11ClN2O3S2.